The number of thiazole rings is 1. The third-order valence-electron chi connectivity index (χ3n) is 6.12. The molecule has 34 heavy (non-hydrogen) atoms. The minimum Gasteiger partial charge on any atom is -0.340 e. The molecule has 1 aromatic heterocycles. The zero-order valence-corrected chi connectivity index (χ0v) is 20.8. The molecule has 3 heterocycles. The summed E-state index contributed by atoms with van der Waals surface area (Å²) < 4.78 is 2.80. The van der Waals surface area contributed by atoms with Crippen LogP contribution in [0.3, 0.4) is 0 Å². The van der Waals surface area contributed by atoms with E-state index in [0.29, 0.717) is 38.8 Å². The Hall–Kier alpha value is -3.49. The average molecular weight is 489 g/mol. The maximum absolute atomic E-state index is 14.0. The van der Waals surface area contributed by atoms with Crippen LogP contribution >= 0.6 is 23.6 Å². The van der Waals surface area contributed by atoms with Crippen LogP contribution in [0.25, 0.3) is 23.2 Å². The molecular formula is C26H24N4O2S2. The summed E-state index contributed by atoms with van der Waals surface area (Å²) in [5.41, 5.74) is 3.98. The third-order valence-corrected chi connectivity index (χ3v) is 7.77. The van der Waals surface area contributed by atoms with Crippen LogP contribution in [0.15, 0.2) is 65.5 Å². The zero-order valence-electron chi connectivity index (χ0n) is 19.2. The fourth-order valence-electron chi connectivity index (χ4n) is 4.46. The number of aromatic nitrogens is 1. The van der Waals surface area contributed by atoms with Gasteiger partial charge in [0.05, 0.1) is 11.4 Å². The lowest BCUT2D eigenvalue weighted by Crippen LogP contribution is -2.36. The Bertz CT molecular complexity index is 1520. The van der Waals surface area contributed by atoms with E-state index in [1.807, 2.05) is 61.5 Å². The van der Waals surface area contributed by atoms with Gasteiger partial charge < -0.3 is 9.80 Å². The predicted molar refractivity (Wildman–Crippen MR) is 142 cm³/mol. The van der Waals surface area contributed by atoms with Gasteiger partial charge in [0.1, 0.15) is 14.9 Å². The van der Waals surface area contributed by atoms with Crippen LogP contribution in [-0.4, -0.2) is 45.5 Å². The van der Waals surface area contributed by atoms with E-state index in [4.69, 9.17) is 12.2 Å². The van der Waals surface area contributed by atoms with E-state index in [-0.39, 0.29) is 11.5 Å². The highest BCUT2D eigenvalue weighted by Crippen LogP contribution is 2.30. The molecule has 0 unspecified atom stereocenters. The molecule has 0 aliphatic carbocycles. The first-order chi connectivity index (χ1) is 16.5. The lowest BCUT2D eigenvalue weighted by Gasteiger charge is -2.28. The molecule has 8 heteroatoms. The van der Waals surface area contributed by atoms with E-state index in [2.05, 4.69) is 24.0 Å². The molecule has 1 amide bonds. The quantitative estimate of drug-likeness (QED) is 0.531. The molecular weight excluding hydrogens is 464 g/mol. The molecule has 0 bridgehead atoms. The third kappa shape index (κ3) is 3.33. The molecule has 2 aromatic carbocycles. The Balaban J connectivity index is 1.90. The number of para-hydroxylation sites is 2. The largest absolute Gasteiger partial charge is 0.340 e. The van der Waals surface area contributed by atoms with Gasteiger partial charge in [-0.3, -0.25) is 19.1 Å². The lowest BCUT2D eigenvalue weighted by molar-refractivity contribution is -0.120. The average Bonchev–Trinajstić information content (AvgIpc) is 3.30. The van der Waals surface area contributed by atoms with Gasteiger partial charge in [-0.1, -0.05) is 42.5 Å². The number of carbonyl (C=O) groups excluding carboxylic acids is 1. The molecule has 2 aliphatic heterocycles. The molecule has 5 rings (SSSR count). The fraction of sp³-hybridized carbons (Fsp3) is 0.192. The molecule has 2 aliphatic rings. The van der Waals surface area contributed by atoms with Crippen molar-refractivity contribution in [3.05, 3.63) is 85.8 Å². The summed E-state index contributed by atoms with van der Waals surface area (Å²) in [5, 5.41) is 0.443. The van der Waals surface area contributed by atoms with Crippen LogP contribution in [0.1, 0.15) is 19.4 Å². The Kier molecular flexibility index (Phi) is 5.71. The van der Waals surface area contributed by atoms with Gasteiger partial charge in [-0.25, -0.2) is 0 Å². The van der Waals surface area contributed by atoms with Crippen LogP contribution < -0.4 is 19.7 Å². The molecule has 3 aromatic rings. The Morgan fingerprint density at radius 3 is 2.24 bits per heavy atom. The topological polar surface area (TPSA) is 48.8 Å². The van der Waals surface area contributed by atoms with Crippen molar-refractivity contribution in [2.45, 2.75) is 13.8 Å². The smallest absolute Gasteiger partial charge is 0.279 e. The number of amides is 1. The number of rotatable bonds is 3. The molecule has 172 valence electrons. The predicted octanol–water partition coefficient (Wildman–Crippen LogP) is 2.75. The number of fused-ring (bicyclic) bond motifs is 1. The molecule has 0 spiro atoms. The van der Waals surface area contributed by atoms with E-state index >= 15 is 0 Å². The van der Waals surface area contributed by atoms with Gasteiger partial charge in [0, 0.05) is 25.8 Å². The summed E-state index contributed by atoms with van der Waals surface area (Å²) >= 11 is 6.86. The number of hydrogen-bond acceptors (Lipinski definition) is 5. The van der Waals surface area contributed by atoms with E-state index < -0.39 is 0 Å². The second-order valence-corrected chi connectivity index (χ2v) is 9.34. The van der Waals surface area contributed by atoms with Crippen LogP contribution in [0.4, 0.5) is 5.69 Å². The summed E-state index contributed by atoms with van der Waals surface area (Å²) in [5.74, 6) is -0.186. The highest BCUT2D eigenvalue weighted by molar-refractivity contribution is 7.80. The Morgan fingerprint density at radius 1 is 0.882 bits per heavy atom. The van der Waals surface area contributed by atoms with Gasteiger partial charge in [-0.05, 0) is 55.9 Å². The van der Waals surface area contributed by atoms with Gasteiger partial charge in [0.2, 0.25) is 0 Å². The summed E-state index contributed by atoms with van der Waals surface area (Å²) in [6.45, 7) is 5.14. The fourth-order valence-corrected chi connectivity index (χ4v) is 6.02. The molecule has 0 saturated carbocycles. The van der Waals surface area contributed by atoms with E-state index in [1.54, 1.807) is 21.4 Å². The van der Waals surface area contributed by atoms with Crippen molar-refractivity contribution in [3.8, 4) is 5.69 Å². The minimum absolute atomic E-state index is 0.154. The number of thiocarbonyl (C=S) groups is 1. The summed E-state index contributed by atoms with van der Waals surface area (Å²) in [6.07, 6.45) is 4.03. The zero-order chi connectivity index (χ0) is 24.0. The molecule has 6 nitrogen and oxygen atoms in total. The van der Waals surface area contributed by atoms with Crippen LogP contribution in [0.5, 0.6) is 0 Å². The van der Waals surface area contributed by atoms with Crippen LogP contribution in [0, 0.1) is 0 Å². The highest BCUT2D eigenvalue weighted by Gasteiger charge is 2.37. The van der Waals surface area contributed by atoms with Crippen molar-refractivity contribution >= 4 is 57.7 Å². The van der Waals surface area contributed by atoms with Gasteiger partial charge in [-0.15, -0.1) is 11.3 Å². The second kappa shape index (κ2) is 8.70. The monoisotopic (exact) mass is 488 g/mol. The van der Waals surface area contributed by atoms with Gasteiger partial charge >= 0.3 is 0 Å². The molecule has 1 saturated heterocycles. The van der Waals surface area contributed by atoms with Crippen LogP contribution in [0.2, 0.25) is 0 Å². The number of nitrogens with zero attached hydrogens (tertiary/aromatic N) is 4. The van der Waals surface area contributed by atoms with Crippen molar-refractivity contribution in [2.75, 3.05) is 25.0 Å². The first-order valence-corrected chi connectivity index (χ1v) is 12.4. The first kappa shape index (κ1) is 22.3. The summed E-state index contributed by atoms with van der Waals surface area (Å²) in [4.78, 5) is 32.7. The van der Waals surface area contributed by atoms with E-state index in [1.165, 1.54) is 11.3 Å². The first-order valence-electron chi connectivity index (χ1n) is 11.2. The van der Waals surface area contributed by atoms with Crippen molar-refractivity contribution in [1.29, 1.82) is 0 Å². The summed E-state index contributed by atoms with van der Waals surface area (Å²) in [7, 11) is 1.78. The van der Waals surface area contributed by atoms with E-state index in [0.717, 1.165) is 16.9 Å². The normalized spacial score (nSPS) is 18.7. The lowest BCUT2D eigenvalue weighted by atomic mass is 10.1. The Labute approximate surface area is 207 Å². The number of carbonyl (C=O) groups is 1. The molecule has 0 N–H and O–H groups in total. The van der Waals surface area contributed by atoms with Crippen molar-refractivity contribution in [3.63, 3.8) is 0 Å². The molecule has 0 atom stereocenters. The standard InChI is InChI=1S/C26H24N4O2S2/c1-4-28-19-14-10-9-11-17(19)15-16-20(28)22-24(32)30(18-12-7-6-8-13-18)25(34-22)21-23(31)29(5-2)26(33)27(21)3/h6-16H,4-5H2,1-3H3/b22-20?,25-21-. The van der Waals surface area contributed by atoms with E-state index in [9.17, 15) is 9.59 Å². The SMILES string of the molecule is CCN1C(=O)/C(=c2/sc(=C3C=Cc4ccccc4N3CC)c(=O)n2-c2ccccc2)N(C)C1=S. The minimum atomic E-state index is -0.186. The van der Waals surface area contributed by atoms with Crippen molar-refractivity contribution in [1.82, 2.24) is 14.4 Å². The number of hydrogen-bond donors (Lipinski definition) is 0. The van der Waals surface area contributed by atoms with Crippen LogP contribution in [-0.2, 0) is 4.79 Å². The Morgan fingerprint density at radius 2 is 1.56 bits per heavy atom. The highest BCUT2D eigenvalue weighted by atomic mass is 32.1. The van der Waals surface area contributed by atoms with Crippen molar-refractivity contribution in [2.24, 2.45) is 0 Å². The maximum Gasteiger partial charge on any atom is 0.279 e. The van der Waals surface area contributed by atoms with Crippen molar-refractivity contribution < 1.29 is 4.79 Å². The maximum atomic E-state index is 14.0. The number of benzene rings is 2. The summed E-state index contributed by atoms with van der Waals surface area (Å²) in [6, 6.07) is 17.6. The van der Waals surface area contributed by atoms with Gasteiger partial charge in [0.15, 0.2) is 5.11 Å². The van der Waals surface area contributed by atoms with Gasteiger partial charge in [0.25, 0.3) is 11.5 Å². The van der Waals surface area contributed by atoms with Gasteiger partial charge in [-0.2, -0.15) is 0 Å². The molecule has 1 fully saturated rings. The second-order valence-electron chi connectivity index (χ2n) is 7.97. The number of anilines is 1. The molecule has 0 radical (unpaired) electrons. The number of likely N-dealkylation sites (N-methyl/N-ethyl adjacent to an activating group) is 3.